The largest absolute Gasteiger partial charge is 0.472 e. The number of carbonyl (C=O) groups is 2. The number of rotatable bonds is 60. The van der Waals surface area contributed by atoms with Crippen LogP contribution in [0.3, 0.4) is 0 Å². The van der Waals surface area contributed by atoms with E-state index in [0.717, 1.165) is 116 Å². The Morgan fingerprint density at radius 1 is 0.370 bits per heavy atom. The summed E-state index contributed by atoms with van der Waals surface area (Å²) in [5, 5.41) is 0. The zero-order valence-electron chi connectivity index (χ0n) is 51.7. The molecule has 0 rings (SSSR count). The van der Waals surface area contributed by atoms with Crippen LogP contribution >= 0.6 is 7.82 Å². The van der Waals surface area contributed by atoms with E-state index in [1.54, 1.807) is 0 Å². The number of esters is 2. The Balaban J connectivity index is 3.94. The standard InChI is InChI=1S/C71H120NO8P/c1-3-5-7-9-11-13-15-17-19-21-23-25-27-29-31-32-33-34-35-36-38-39-41-43-45-47-49-51-53-55-57-59-61-63-70(73)77-67-69(68-79-81(75,76)78-66-65-72)80-71(74)64-62-60-58-56-54-52-50-48-46-44-42-40-37-30-28-26-24-22-20-18-16-14-12-10-8-6-4-2/h5-8,11-14,17-20,23-26,29-31,37,42,44,69H,3-4,9-10,15-16,21-22,27-28,32-36,38-41,43,45-68,72H2,1-2H3,(H,75,76)/b7-5-,8-6-,13-11-,14-12-,19-17-,20-18-,25-23-,26-24-,31-29-,37-30-,44-42-. The van der Waals surface area contributed by atoms with Crippen LogP contribution in [0.4, 0.5) is 0 Å². The van der Waals surface area contributed by atoms with Crippen molar-refractivity contribution in [2.24, 2.45) is 5.73 Å². The lowest BCUT2D eigenvalue weighted by atomic mass is 10.0. The Morgan fingerprint density at radius 3 is 0.951 bits per heavy atom. The van der Waals surface area contributed by atoms with E-state index in [9.17, 15) is 19.0 Å². The van der Waals surface area contributed by atoms with Crippen molar-refractivity contribution < 1.29 is 37.6 Å². The number of phosphoric acid groups is 1. The fourth-order valence-electron chi connectivity index (χ4n) is 8.79. The van der Waals surface area contributed by atoms with Gasteiger partial charge in [0.05, 0.1) is 13.2 Å². The fraction of sp³-hybridized carbons (Fsp3) is 0.662. The summed E-state index contributed by atoms with van der Waals surface area (Å²) in [5.74, 6) is -0.838. The minimum absolute atomic E-state index is 0.0464. The maximum atomic E-state index is 12.7. The number of ether oxygens (including phenoxy) is 2. The van der Waals surface area contributed by atoms with Gasteiger partial charge in [0.2, 0.25) is 0 Å². The zero-order valence-corrected chi connectivity index (χ0v) is 52.6. The summed E-state index contributed by atoms with van der Waals surface area (Å²) in [6.07, 6.45) is 92.4. The maximum absolute atomic E-state index is 12.7. The minimum atomic E-state index is -4.40. The second kappa shape index (κ2) is 65.3. The Bertz CT molecular complexity index is 1790. The Morgan fingerprint density at radius 2 is 0.642 bits per heavy atom. The number of hydrogen-bond acceptors (Lipinski definition) is 8. The molecular weight excluding hydrogens is 1030 g/mol. The summed E-state index contributed by atoms with van der Waals surface area (Å²) in [6.45, 7) is 3.52. The van der Waals surface area contributed by atoms with Gasteiger partial charge >= 0.3 is 19.8 Å². The summed E-state index contributed by atoms with van der Waals surface area (Å²) < 4.78 is 33.1. The average molecular weight is 1150 g/mol. The molecule has 0 bridgehead atoms. The topological polar surface area (TPSA) is 134 Å². The van der Waals surface area contributed by atoms with Crippen LogP contribution in [0.15, 0.2) is 134 Å². The molecule has 0 aromatic heterocycles. The van der Waals surface area contributed by atoms with Gasteiger partial charge in [-0.25, -0.2) is 4.57 Å². The van der Waals surface area contributed by atoms with E-state index in [0.29, 0.717) is 6.42 Å². The van der Waals surface area contributed by atoms with Crippen molar-refractivity contribution in [1.82, 2.24) is 0 Å². The van der Waals surface area contributed by atoms with E-state index >= 15 is 0 Å². The third-order valence-corrected chi connectivity index (χ3v) is 14.5. The Hall–Kier alpha value is -3.85. The number of hydrogen-bond donors (Lipinski definition) is 2. The van der Waals surface area contributed by atoms with Crippen molar-refractivity contribution in [2.45, 2.75) is 277 Å². The molecule has 0 radical (unpaired) electrons. The number of allylic oxidation sites excluding steroid dienone is 22. The quantitative estimate of drug-likeness (QED) is 0.0264. The SMILES string of the molecule is CC/C=C\C/C=C\C/C=C\C/C=C\C/C=C\C/C=C\CCCCCCCCCCC(=O)OC(COC(=O)CCCCCCCCCCCCCCCCCCC/C=C\C/C=C\C/C=C\C/C=C\C/C=C\CC)COP(=O)(O)OCCN. The first-order valence-corrected chi connectivity index (χ1v) is 34.2. The molecule has 0 amide bonds. The molecule has 0 saturated heterocycles. The van der Waals surface area contributed by atoms with Gasteiger partial charge in [0.1, 0.15) is 6.61 Å². The molecule has 0 heterocycles. The Kier molecular flexibility index (Phi) is 62.2. The van der Waals surface area contributed by atoms with Crippen LogP contribution in [-0.2, 0) is 32.7 Å². The maximum Gasteiger partial charge on any atom is 0.472 e. The summed E-state index contributed by atoms with van der Waals surface area (Å²) in [7, 11) is -4.40. The van der Waals surface area contributed by atoms with Gasteiger partial charge < -0.3 is 20.1 Å². The smallest absolute Gasteiger partial charge is 0.462 e. The first-order valence-electron chi connectivity index (χ1n) is 32.7. The highest BCUT2D eigenvalue weighted by Gasteiger charge is 2.26. The predicted octanol–water partition coefficient (Wildman–Crippen LogP) is 21.3. The van der Waals surface area contributed by atoms with Crippen LogP contribution in [0.5, 0.6) is 0 Å². The minimum Gasteiger partial charge on any atom is -0.462 e. The van der Waals surface area contributed by atoms with Crippen LogP contribution in [-0.4, -0.2) is 49.3 Å². The van der Waals surface area contributed by atoms with Crippen molar-refractivity contribution in [1.29, 1.82) is 0 Å². The summed E-state index contributed by atoms with van der Waals surface area (Å²) in [6, 6.07) is 0. The lowest BCUT2D eigenvalue weighted by molar-refractivity contribution is -0.161. The van der Waals surface area contributed by atoms with Crippen LogP contribution in [0.25, 0.3) is 0 Å². The summed E-state index contributed by atoms with van der Waals surface area (Å²) in [5.41, 5.74) is 5.39. The van der Waals surface area contributed by atoms with Crippen LogP contribution in [0.1, 0.15) is 271 Å². The lowest BCUT2D eigenvalue weighted by Gasteiger charge is -2.19. The Labute approximate surface area is 497 Å². The van der Waals surface area contributed by atoms with Gasteiger partial charge in [0.25, 0.3) is 0 Å². The van der Waals surface area contributed by atoms with E-state index in [1.165, 1.54) is 122 Å². The van der Waals surface area contributed by atoms with Crippen molar-refractivity contribution in [2.75, 3.05) is 26.4 Å². The highest BCUT2D eigenvalue weighted by Crippen LogP contribution is 2.43. The van der Waals surface area contributed by atoms with E-state index in [1.807, 2.05) is 0 Å². The van der Waals surface area contributed by atoms with Gasteiger partial charge in [-0.1, -0.05) is 282 Å². The monoisotopic (exact) mass is 1150 g/mol. The molecule has 0 aromatic rings. The number of phosphoric ester groups is 1. The highest BCUT2D eigenvalue weighted by atomic mass is 31.2. The van der Waals surface area contributed by atoms with Crippen molar-refractivity contribution >= 4 is 19.8 Å². The number of unbranched alkanes of at least 4 members (excludes halogenated alkanes) is 25. The van der Waals surface area contributed by atoms with Crippen LogP contribution in [0.2, 0.25) is 0 Å². The third-order valence-electron chi connectivity index (χ3n) is 13.5. The predicted molar refractivity (Wildman–Crippen MR) is 348 cm³/mol. The second-order valence-corrected chi connectivity index (χ2v) is 22.7. The number of nitrogens with two attached hydrogens (primary N) is 1. The molecule has 10 heteroatoms. The number of carbonyl (C=O) groups excluding carboxylic acids is 2. The van der Waals surface area contributed by atoms with Crippen molar-refractivity contribution in [3.8, 4) is 0 Å². The van der Waals surface area contributed by atoms with E-state index in [4.69, 9.17) is 24.3 Å². The van der Waals surface area contributed by atoms with E-state index in [2.05, 4.69) is 148 Å². The molecule has 2 unspecified atom stereocenters. The molecule has 0 aromatic carbocycles. The molecule has 81 heavy (non-hydrogen) atoms. The van der Waals surface area contributed by atoms with Crippen LogP contribution in [0, 0.1) is 0 Å². The molecule has 0 spiro atoms. The van der Waals surface area contributed by atoms with Gasteiger partial charge in [0.15, 0.2) is 6.10 Å². The average Bonchev–Trinajstić information content (AvgIpc) is 3.46. The lowest BCUT2D eigenvalue weighted by Crippen LogP contribution is -2.29. The second-order valence-electron chi connectivity index (χ2n) is 21.2. The molecule has 0 aliphatic carbocycles. The van der Waals surface area contributed by atoms with Gasteiger partial charge in [0, 0.05) is 19.4 Å². The molecule has 9 nitrogen and oxygen atoms in total. The fourth-order valence-corrected chi connectivity index (χ4v) is 9.55. The molecule has 462 valence electrons. The molecule has 0 aliphatic heterocycles. The van der Waals surface area contributed by atoms with Crippen LogP contribution < -0.4 is 5.73 Å². The first kappa shape index (κ1) is 77.2. The van der Waals surface area contributed by atoms with Crippen molar-refractivity contribution in [3.63, 3.8) is 0 Å². The zero-order chi connectivity index (χ0) is 58.7. The van der Waals surface area contributed by atoms with Gasteiger partial charge in [-0.15, -0.1) is 0 Å². The van der Waals surface area contributed by atoms with Crippen molar-refractivity contribution in [3.05, 3.63) is 134 Å². The summed E-state index contributed by atoms with van der Waals surface area (Å²) >= 11 is 0. The van der Waals surface area contributed by atoms with E-state index < -0.39 is 26.5 Å². The normalized spacial score (nSPS) is 13.9. The van der Waals surface area contributed by atoms with Gasteiger partial charge in [-0.2, -0.15) is 0 Å². The van der Waals surface area contributed by atoms with Gasteiger partial charge in [-0.3, -0.25) is 18.6 Å². The first-order chi connectivity index (χ1) is 39.8. The molecular formula is C71H120NO8P. The van der Waals surface area contributed by atoms with Gasteiger partial charge in [-0.05, 0) is 109 Å². The highest BCUT2D eigenvalue weighted by molar-refractivity contribution is 7.47. The molecule has 0 fully saturated rings. The molecule has 0 aliphatic rings. The molecule has 0 saturated carbocycles. The van der Waals surface area contributed by atoms with E-state index in [-0.39, 0.29) is 38.6 Å². The molecule has 2 atom stereocenters. The third kappa shape index (κ3) is 65.2. The molecule has 3 N–H and O–H groups in total. The summed E-state index contributed by atoms with van der Waals surface area (Å²) in [4.78, 5) is 35.3.